The van der Waals surface area contributed by atoms with Crippen LogP contribution in [0, 0.1) is 0 Å². The molecule has 0 saturated heterocycles. The number of hydrogen-bond donors (Lipinski definition) is 1. The van der Waals surface area contributed by atoms with Gasteiger partial charge in [0.15, 0.2) is 0 Å². The van der Waals surface area contributed by atoms with Crippen LogP contribution in [0.1, 0.15) is 11.3 Å². The lowest BCUT2D eigenvalue weighted by atomic mass is 10.3. The first-order valence-electron chi connectivity index (χ1n) is 5.96. The third-order valence-electron chi connectivity index (χ3n) is 2.61. The number of nitrogens with zero attached hydrogens (tertiary/aromatic N) is 1. The number of benzene rings is 1. The largest absolute Gasteiger partial charge is 0.270 e. The van der Waals surface area contributed by atoms with Crippen molar-refractivity contribution in [2.45, 2.75) is 6.42 Å². The number of rotatable bonds is 3. The zero-order valence-corrected chi connectivity index (χ0v) is 11.8. The Morgan fingerprint density at radius 3 is 2.79 bits per heavy atom. The third kappa shape index (κ3) is 3.18. The van der Waals surface area contributed by atoms with E-state index in [4.69, 9.17) is 0 Å². The van der Waals surface area contributed by atoms with Gasteiger partial charge in [0.1, 0.15) is 0 Å². The Kier molecular flexibility index (Phi) is 3.84. The van der Waals surface area contributed by atoms with Crippen molar-refractivity contribution >= 4 is 39.6 Å². The minimum Gasteiger partial charge on any atom is -0.270 e. The summed E-state index contributed by atoms with van der Waals surface area (Å²) in [4.78, 5) is 3.78. The van der Waals surface area contributed by atoms with Crippen LogP contribution < -0.4 is 5.43 Å². The minimum absolute atomic E-state index is 0.915. The topological polar surface area (TPSA) is 24.4 Å². The molecule has 0 radical (unpaired) electrons. The Bertz CT molecular complexity index is 636. The van der Waals surface area contributed by atoms with Gasteiger partial charge in [-0.2, -0.15) is 0 Å². The van der Waals surface area contributed by atoms with Crippen molar-refractivity contribution in [1.29, 1.82) is 0 Å². The number of hydrazone groups is 1. The number of thiophene rings is 1. The summed E-state index contributed by atoms with van der Waals surface area (Å²) >= 11 is 3.51. The van der Waals surface area contributed by atoms with E-state index >= 15 is 0 Å². The fraction of sp³-hybridized carbons (Fsp3) is 0.0667. The molecule has 94 valence electrons. The number of hydrogen-bond acceptors (Lipinski definition) is 4. The Morgan fingerprint density at radius 1 is 1.11 bits per heavy atom. The number of para-hydroxylation sites is 1. The molecule has 1 aliphatic heterocycles. The summed E-state index contributed by atoms with van der Waals surface area (Å²) < 4.78 is 0. The van der Waals surface area contributed by atoms with Gasteiger partial charge in [-0.3, -0.25) is 5.43 Å². The van der Waals surface area contributed by atoms with Crippen molar-refractivity contribution in [3.8, 4) is 0 Å². The van der Waals surface area contributed by atoms with Crippen LogP contribution in [-0.4, -0.2) is 5.87 Å². The summed E-state index contributed by atoms with van der Waals surface area (Å²) in [6.45, 7) is 0. The lowest BCUT2D eigenvalue weighted by Crippen LogP contribution is -1.86. The highest BCUT2D eigenvalue weighted by Crippen LogP contribution is 2.42. The van der Waals surface area contributed by atoms with Gasteiger partial charge in [-0.15, -0.1) is 16.4 Å². The molecular weight excluding hydrogens is 272 g/mol. The molecule has 2 nitrogen and oxygen atoms in total. The maximum atomic E-state index is 4.15. The zero-order chi connectivity index (χ0) is 12.9. The van der Waals surface area contributed by atoms with Crippen molar-refractivity contribution < 1.29 is 0 Å². The highest BCUT2D eigenvalue weighted by atomic mass is 32.2. The molecule has 0 aliphatic carbocycles. The number of anilines is 1. The highest BCUT2D eigenvalue weighted by molar-refractivity contribution is 8.12. The summed E-state index contributed by atoms with van der Waals surface area (Å²) in [5.74, 6) is 3.07. The predicted octanol–water partition coefficient (Wildman–Crippen LogP) is 4.81. The van der Waals surface area contributed by atoms with E-state index in [1.165, 1.54) is 9.78 Å². The minimum atomic E-state index is 0.915. The molecular formula is C15H12N2S2. The number of allylic oxidation sites excluding steroid dienone is 2. The number of thioether (sulfide) groups is 1. The molecule has 1 N–H and O–H groups in total. The second kappa shape index (κ2) is 5.93. The fourth-order valence-corrected chi connectivity index (χ4v) is 3.50. The van der Waals surface area contributed by atoms with Gasteiger partial charge in [0, 0.05) is 22.1 Å². The lowest BCUT2D eigenvalue weighted by molar-refractivity contribution is 1.34. The maximum Gasteiger partial charge on any atom is 0.0569 e. The molecule has 1 aromatic heterocycles. The van der Waals surface area contributed by atoms with Gasteiger partial charge in [0.25, 0.3) is 0 Å². The molecule has 3 rings (SSSR count). The molecule has 0 fully saturated rings. The van der Waals surface area contributed by atoms with Gasteiger partial charge < -0.3 is 0 Å². The molecule has 19 heavy (non-hydrogen) atoms. The predicted molar refractivity (Wildman–Crippen MR) is 85.5 cm³/mol. The van der Waals surface area contributed by atoms with E-state index in [1.54, 1.807) is 23.1 Å². The first-order valence-corrected chi connectivity index (χ1v) is 7.66. The molecule has 0 unspecified atom stereocenters. The summed E-state index contributed by atoms with van der Waals surface area (Å²) in [5.41, 5.74) is 3.96. The summed E-state index contributed by atoms with van der Waals surface area (Å²) in [7, 11) is 0. The average Bonchev–Trinajstić information content (AvgIpc) is 3.10. The average molecular weight is 284 g/mol. The molecule has 0 saturated carbocycles. The molecule has 0 amide bonds. The van der Waals surface area contributed by atoms with Gasteiger partial charge in [-0.1, -0.05) is 42.1 Å². The fourth-order valence-electron chi connectivity index (χ4n) is 1.71. The van der Waals surface area contributed by atoms with E-state index in [9.17, 15) is 0 Å². The molecule has 0 atom stereocenters. The van der Waals surface area contributed by atoms with Gasteiger partial charge in [0.05, 0.1) is 10.6 Å². The van der Waals surface area contributed by atoms with Crippen molar-refractivity contribution in [3.63, 3.8) is 0 Å². The van der Waals surface area contributed by atoms with Crippen LogP contribution in [0.2, 0.25) is 0 Å². The van der Waals surface area contributed by atoms with Crippen molar-refractivity contribution in [1.82, 2.24) is 0 Å². The monoisotopic (exact) mass is 284 g/mol. The van der Waals surface area contributed by atoms with Gasteiger partial charge in [-0.25, -0.2) is 0 Å². The van der Waals surface area contributed by atoms with Gasteiger partial charge in [0.2, 0.25) is 0 Å². The summed E-state index contributed by atoms with van der Waals surface area (Å²) in [6.07, 6.45) is 3.15. The molecule has 0 bridgehead atoms. The quantitative estimate of drug-likeness (QED) is 0.646. The van der Waals surface area contributed by atoms with Crippen LogP contribution in [-0.2, 0) is 0 Å². The molecule has 1 aliphatic rings. The SMILES string of the molecule is C(=NNc1ccccc1)=C1CC=C(c2cccs2)S1. The lowest BCUT2D eigenvalue weighted by Gasteiger charge is -1.96. The third-order valence-corrected chi connectivity index (χ3v) is 4.75. The maximum absolute atomic E-state index is 4.15. The van der Waals surface area contributed by atoms with Crippen LogP contribution in [0.15, 0.2) is 63.9 Å². The second-order valence-corrected chi connectivity index (χ2v) is 6.06. The van der Waals surface area contributed by atoms with Crippen molar-refractivity contribution in [2.75, 3.05) is 5.43 Å². The van der Waals surface area contributed by atoms with Crippen LogP contribution in [0.5, 0.6) is 0 Å². The van der Waals surface area contributed by atoms with Crippen LogP contribution >= 0.6 is 23.1 Å². The number of nitrogens with one attached hydrogen (secondary N) is 1. The highest BCUT2D eigenvalue weighted by Gasteiger charge is 2.13. The Labute approximate surface area is 120 Å². The molecule has 2 aromatic rings. The first kappa shape index (κ1) is 12.3. The summed E-state index contributed by atoms with van der Waals surface area (Å²) in [5, 5.41) is 6.25. The Hall–Kier alpha value is -1.74. The van der Waals surface area contributed by atoms with E-state index in [-0.39, 0.29) is 0 Å². The Morgan fingerprint density at radius 2 is 2.00 bits per heavy atom. The second-order valence-electron chi connectivity index (χ2n) is 3.98. The van der Waals surface area contributed by atoms with Crippen molar-refractivity contribution in [3.05, 3.63) is 63.7 Å². The van der Waals surface area contributed by atoms with Crippen molar-refractivity contribution in [2.24, 2.45) is 5.10 Å². The van der Waals surface area contributed by atoms with Crippen LogP contribution in [0.4, 0.5) is 5.69 Å². The smallest absolute Gasteiger partial charge is 0.0569 e. The van der Waals surface area contributed by atoms with Crippen LogP contribution in [0.25, 0.3) is 4.91 Å². The molecule has 2 heterocycles. The van der Waals surface area contributed by atoms with E-state index in [2.05, 4.69) is 40.0 Å². The molecule has 1 aromatic carbocycles. The Balaban J connectivity index is 1.64. The standard InChI is InChI=1S/C15H12N2S2/c1-2-5-12(6-3-1)17-16-11-13-8-9-15(19-13)14-7-4-10-18-14/h1-7,9-10,17H,8H2. The van der Waals surface area contributed by atoms with E-state index in [1.807, 2.05) is 30.3 Å². The van der Waals surface area contributed by atoms with Crippen LogP contribution in [0.3, 0.4) is 0 Å². The van der Waals surface area contributed by atoms with Gasteiger partial charge in [-0.05, 0) is 23.6 Å². The molecule has 0 spiro atoms. The van der Waals surface area contributed by atoms with E-state index < -0.39 is 0 Å². The molecule has 4 heteroatoms. The zero-order valence-electron chi connectivity index (χ0n) is 10.2. The van der Waals surface area contributed by atoms with E-state index in [0.717, 1.165) is 17.0 Å². The normalized spacial score (nSPS) is 13.9. The summed E-state index contributed by atoms with van der Waals surface area (Å²) in [6, 6.07) is 14.1. The van der Waals surface area contributed by atoms with Gasteiger partial charge >= 0.3 is 0 Å². The first-order chi connectivity index (χ1) is 9.42. The van der Waals surface area contributed by atoms with E-state index in [0.29, 0.717) is 0 Å².